The van der Waals surface area contributed by atoms with Gasteiger partial charge in [0.15, 0.2) is 5.58 Å². The molecular weight excluding hydrogens is 542 g/mol. The summed E-state index contributed by atoms with van der Waals surface area (Å²) in [6.45, 7) is 0. The number of benzene rings is 6. The third-order valence-corrected chi connectivity index (χ3v) is 8.20. The monoisotopic (exact) mass is 563 g/mol. The lowest BCUT2D eigenvalue weighted by atomic mass is 9.98. The van der Waals surface area contributed by atoms with Crippen LogP contribution in [0.3, 0.4) is 0 Å². The fourth-order valence-electron chi connectivity index (χ4n) is 5.84. The molecule has 6 aromatic carbocycles. The number of hydrogen-bond acceptors (Lipinski definition) is 1. The van der Waals surface area contributed by atoms with Gasteiger partial charge in [-0.05, 0) is 70.8 Å². The summed E-state index contributed by atoms with van der Waals surface area (Å²) in [7, 11) is 0. The first kappa shape index (κ1) is 22.4. The van der Waals surface area contributed by atoms with Gasteiger partial charge in [-0.25, -0.2) is 0 Å². The zero-order chi connectivity index (χ0) is 25.9. The van der Waals surface area contributed by atoms with Crippen LogP contribution in [-0.2, 0) is 0 Å². The molecule has 2 heterocycles. The molecule has 0 fully saturated rings. The van der Waals surface area contributed by atoms with Crippen molar-refractivity contribution >= 4 is 59.7 Å². The van der Waals surface area contributed by atoms with E-state index in [1.54, 1.807) is 0 Å². The minimum absolute atomic E-state index is 0.910. The van der Waals surface area contributed by atoms with Crippen LogP contribution >= 0.6 is 15.9 Å². The molecule has 184 valence electrons. The zero-order valence-electron chi connectivity index (χ0n) is 20.9. The molecule has 0 N–H and O–H groups in total. The maximum Gasteiger partial charge on any atom is 0.159 e. The zero-order valence-corrected chi connectivity index (χ0v) is 22.5. The number of furan rings is 1. The molecule has 2 nitrogen and oxygen atoms in total. The summed E-state index contributed by atoms with van der Waals surface area (Å²) in [6, 6.07) is 47.4. The second-order valence-electron chi connectivity index (χ2n) is 9.92. The van der Waals surface area contributed by atoms with Crippen molar-refractivity contribution in [2.45, 2.75) is 0 Å². The first-order valence-corrected chi connectivity index (χ1v) is 13.8. The average molecular weight is 564 g/mol. The van der Waals surface area contributed by atoms with E-state index in [1.807, 2.05) is 12.1 Å². The van der Waals surface area contributed by atoms with Gasteiger partial charge in [-0.15, -0.1) is 0 Å². The minimum atomic E-state index is 0.910. The van der Waals surface area contributed by atoms with Crippen LogP contribution in [0, 0.1) is 0 Å². The van der Waals surface area contributed by atoms with Crippen LogP contribution in [0.1, 0.15) is 0 Å². The number of halogens is 1. The average Bonchev–Trinajstić information content (AvgIpc) is 3.53. The van der Waals surface area contributed by atoms with Crippen LogP contribution in [0.4, 0.5) is 0 Å². The Hall–Kier alpha value is -4.60. The summed E-state index contributed by atoms with van der Waals surface area (Å²) in [4.78, 5) is 0. The molecule has 39 heavy (non-hydrogen) atoms. The second kappa shape index (κ2) is 8.72. The van der Waals surface area contributed by atoms with Crippen molar-refractivity contribution in [1.29, 1.82) is 0 Å². The fraction of sp³-hybridized carbons (Fsp3) is 0. The van der Waals surface area contributed by atoms with Gasteiger partial charge in [-0.2, -0.15) is 0 Å². The van der Waals surface area contributed by atoms with Gasteiger partial charge in [0.1, 0.15) is 5.58 Å². The Bertz CT molecular complexity index is 2180. The summed E-state index contributed by atoms with van der Waals surface area (Å²) in [6.07, 6.45) is 0. The molecule has 2 aromatic heterocycles. The fourth-order valence-corrected chi connectivity index (χ4v) is 6.11. The van der Waals surface area contributed by atoms with E-state index in [1.165, 1.54) is 38.5 Å². The normalized spacial score (nSPS) is 11.7. The molecule has 8 rings (SSSR count). The van der Waals surface area contributed by atoms with Gasteiger partial charge in [0.25, 0.3) is 0 Å². The van der Waals surface area contributed by atoms with Crippen molar-refractivity contribution < 1.29 is 4.42 Å². The van der Waals surface area contributed by atoms with Crippen molar-refractivity contribution in [2.75, 3.05) is 0 Å². The lowest BCUT2D eigenvalue weighted by molar-refractivity contribution is 0.666. The number of aromatic nitrogens is 1. The smallest absolute Gasteiger partial charge is 0.159 e. The highest BCUT2D eigenvalue weighted by Crippen LogP contribution is 2.39. The molecule has 8 aromatic rings. The summed E-state index contributed by atoms with van der Waals surface area (Å²) >= 11 is 3.54. The number of fused-ring (bicyclic) bond motifs is 6. The van der Waals surface area contributed by atoms with Crippen molar-refractivity contribution in [2.24, 2.45) is 0 Å². The molecule has 0 saturated carbocycles. The molecule has 0 amide bonds. The Kier molecular flexibility index (Phi) is 5.01. The first-order chi connectivity index (χ1) is 19.2. The second-order valence-corrected chi connectivity index (χ2v) is 10.8. The quantitative estimate of drug-likeness (QED) is 0.209. The number of rotatable bonds is 3. The highest BCUT2D eigenvalue weighted by atomic mass is 79.9. The molecule has 0 aliphatic carbocycles. The van der Waals surface area contributed by atoms with Gasteiger partial charge >= 0.3 is 0 Å². The molecule has 0 unspecified atom stereocenters. The summed E-state index contributed by atoms with van der Waals surface area (Å²) in [5.41, 5.74) is 10.0. The van der Waals surface area contributed by atoms with Crippen LogP contribution in [0.25, 0.3) is 71.7 Å². The van der Waals surface area contributed by atoms with E-state index in [2.05, 4.69) is 142 Å². The predicted octanol–water partition coefficient (Wildman–Crippen LogP) is 10.8. The summed E-state index contributed by atoms with van der Waals surface area (Å²) in [5.74, 6) is 0. The maximum absolute atomic E-state index is 6.44. The van der Waals surface area contributed by atoms with E-state index in [4.69, 9.17) is 4.42 Å². The molecule has 0 spiro atoms. The molecule has 0 saturated heterocycles. The van der Waals surface area contributed by atoms with Crippen LogP contribution in [-0.4, -0.2) is 4.57 Å². The third kappa shape index (κ3) is 3.54. The van der Waals surface area contributed by atoms with Crippen LogP contribution in [0.15, 0.2) is 142 Å². The Morgan fingerprint density at radius 3 is 1.97 bits per heavy atom. The topological polar surface area (TPSA) is 18.1 Å². The highest BCUT2D eigenvalue weighted by Gasteiger charge is 2.17. The van der Waals surface area contributed by atoms with Crippen molar-refractivity contribution in [3.05, 3.63) is 138 Å². The van der Waals surface area contributed by atoms with Gasteiger partial charge in [0.2, 0.25) is 0 Å². The van der Waals surface area contributed by atoms with E-state index >= 15 is 0 Å². The van der Waals surface area contributed by atoms with Crippen LogP contribution < -0.4 is 0 Å². The molecule has 0 aliphatic rings. The highest BCUT2D eigenvalue weighted by molar-refractivity contribution is 9.10. The summed E-state index contributed by atoms with van der Waals surface area (Å²) < 4.78 is 9.87. The Morgan fingerprint density at radius 2 is 1.10 bits per heavy atom. The van der Waals surface area contributed by atoms with Gasteiger partial charge in [0.05, 0.1) is 16.7 Å². The third-order valence-electron chi connectivity index (χ3n) is 7.67. The Morgan fingerprint density at radius 1 is 0.462 bits per heavy atom. The van der Waals surface area contributed by atoms with Crippen molar-refractivity contribution in [3.8, 4) is 27.9 Å². The molecule has 0 atom stereocenters. The lowest BCUT2D eigenvalue weighted by Crippen LogP contribution is -1.94. The van der Waals surface area contributed by atoms with Gasteiger partial charge in [-0.1, -0.05) is 101 Å². The van der Waals surface area contributed by atoms with E-state index in [0.29, 0.717) is 0 Å². The molecule has 0 aliphatic heterocycles. The molecule has 3 heteroatoms. The predicted molar refractivity (Wildman–Crippen MR) is 167 cm³/mol. The molecular formula is C36H22BrNO. The molecule has 0 radical (unpaired) electrons. The Labute approximate surface area is 233 Å². The van der Waals surface area contributed by atoms with Crippen molar-refractivity contribution in [3.63, 3.8) is 0 Å². The number of hydrogen-bond donors (Lipinski definition) is 0. The van der Waals surface area contributed by atoms with Gasteiger partial charge in [-0.3, -0.25) is 0 Å². The van der Waals surface area contributed by atoms with Crippen LogP contribution in [0.2, 0.25) is 0 Å². The maximum atomic E-state index is 6.44. The SMILES string of the molecule is Brc1ccc(-c2cccc(-c3ccc4c(c3)c3ccccc3n4-c3cccc4c3oc3ccccc34)c2)cc1. The number of para-hydroxylation sites is 3. The van der Waals surface area contributed by atoms with Crippen LogP contribution in [0.5, 0.6) is 0 Å². The Balaban J connectivity index is 1.35. The number of nitrogens with zero attached hydrogens (tertiary/aromatic N) is 1. The van der Waals surface area contributed by atoms with Gasteiger partial charge in [0, 0.05) is 26.0 Å². The first-order valence-electron chi connectivity index (χ1n) is 13.0. The van der Waals surface area contributed by atoms with E-state index in [-0.39, 0.29) is 0 Å². The minimum Gasteiger partial charge on any atom is -0.454 e. The summed E-state index contributed by atoms with van der Waals surface area (Å²) in [5, 5.41) is 4.73. The van der Waals surface area contributed by atoms with Crippen molar-refractivity contribution in [1.82, 2.24) is 4.57 Å². The van der Waals surface area contributed by atoms with Gasteiger partial charge < -0.3 is 8.98 Å². The lowest BCUT2D eigenvalue weighted by Gasteiger charge is -2.10. The standard InChI is InChI=1S/C36H22BrNO/c37-27-18-15-23(16-19-27)24-7-5-8-25(21-24)26-17-20-33-31(22-26)28-9-1-3-12-32(28)38(33)34-13-6-11-30-29-10-2-4-14-35(29)39-36(30)34/h1-22H. The van der Waals surface area contributed by atoms with E-state index < -0.39 is 0 Å². The largest absolute Gasteiger partial charge is 0.454 e. The van der Waals surface area contributed by atoms with E-state index in [0.717, 1.165) is 37.6 Å². The molecule has 0 bridgehead atoms. The van der Waals surface area contributed by atoms with E-state index in [9.17, 15) is 0 Å².